The molecule has 0 atom stereocenters. The third-order valence-corrected chi connectivity index (χ3v) is 3.95. The lowest BCUT2D eigenvalue weighted by molar-refractivity contribution is 0.0702. The summed E-state index contributed by atoms with van der Waals surface area (Å²) in [5.74, 6) is -1.39. The monoisotopic (exact) mass is 295 g/mol. The van der Waals surface area contributed by atoms with Crippen molar-refractivity contribution < 1.29 is 14.7 Å². The van der Waals surface area contributed by atoms with Crippen LogP contribution in [0.1, 0.15) is 24.9 Å². The zero-order chi connectivity index (χ0) is 14.0. The number of benzene rings is 1. The van der Waals surface area contributed by atoms with Crippen LogP contribution in [0, 0.1) is 6.92 Å². The van der Waals surface area contributed by atoms with Crippen LogP contribution in [0.4, 0.5) is 5.69 Å². The number of nitrogens with one attached hydrogen (secondary N) is 1. The first-order valence-corrected chi connectivity index (χ1v) is 6.57. The lowest BCUT2D eigenvalue weighted by atomic mass is 10.2. The first-order valence-electron chi connectivity index (χ1n) is 5.38. The normalized spacial score (nSPS) is 10.2. The molecule has 6 heteroatoms. The second-order valence-corrected chi connectivity index (χ2v) is 5.38. The van der Waals surface area contributed by atoms with Crippen LogP contribution < -0.4 is 5.32 Å². The Morgan fingerprint density at radius 1 is 1.21 bits per heavy atom. The quantitative estimate of drug-likeness (QED) is 0.908. The molecule has 4 nitrogen and oxygen atoms in total. The maximum Gasteiger partial charge on any atom is 0.345 e. The Hall–Kier alpha value is -1.85. The van der Waals surface area contributed by atoms with Crippen LogP contribution in [-0.4, -0.2) is 17.0 Å². The number of amides is 1. The minimum atomic E-state index is -1.04. The van der Waals surface area contributed by atoms with Crippen molar-refractivity contribution in [2.24, 2.45) is 0 Å². The molecule has 1 heterocycles. The van der Waals surface area contributed by atoms with Gasteiger partial charge in [-0.1, -0.05) is 17.7 Å². The molecule has 0 spiro atoms. The minimum Gasteiger partial charge on any atom is -0.477 e. The Balaban J connectivity index is 2.15. The molecule has 19 heavy (non-hydrogen) atoms. The summed E-state index contributed by atoms with van der Waals surface area (Å²) in [7, 11) is 0. The van der Waals surface area contributed by atoms with E-state index in [-0.39, 0.29) is 10.8 Å². The van der Waals surface area contributed by atoms with Crippen molar-refractivity contribution >= 4 is 40.5 Å². The van der Waals surface area contributed by atoms with E-state index in [2.05, 4.69) is 5.32 Å². The fraction of sp³-hybridized carbons (Fsp3) is 0.0769. The van der Waals surface area contributed by atoms with E-state index in [9.17, 15) is 9.59 Å². The molecular weight excluding hydrogens is 286 g/mol. The number of aromatic carboxylic acids is 1. The number of anilines is 1. The van der Waals surface area contributed by atoms with Gasteiger partial charge in [0, 0.05) is 10.7 Å². The van der Waals surface area contributed by atoms with Gasteiger partial charge in [0.2, 0.25) is 0 Å². The maximum atomic E-state index is 11.9. The fourth-order valence-corrected chi connectivity index (χ4v) is 2.36. The highest BCUT2D eigenvalue weighted by molar-refractivity contribution is 7.15. The van der Waals surface area contributed by atoms with Gasteiger partial charge in [0.1, 0.15) is 4.88 Å². The third-order valence-electron chi connectivity index (χ3n) is 2.47. The fourth-order valence-electron chi connectivity index (χ4n) is 1.44. The van der Waals surface area contributed by atoms with Gasteiger partial charge >= 0.3 is 5.97 Å². The molecule has 0 unspecified atom stereocenters. The molecule has 2 rings (SSSR count). The predicted octanol–water partition coefficient (Wildman–Crippen LogP) is 3.66. The van der Waals surface area contributed by atoms with Gasteiger partial charge in [-0.25, -0.2) is 4.79 Å². The Morgan fingerprint density at radius 2 is 1.89 bits per heavy atom. The number of rotatable bonds is 3. The van der Waals surface area contributed by atoms with Gasteiger partial charge in [-0.15, -0.1) is 11.3 Å². The number of carbonyl (C=O) groups excluding carboxylic acids is 1. The van der Waals surface area contributed by atoms with Crippen molar-refractivity contribution in [1.82, 2.24) is 0 Å². The first-order chi connectivity index (χ1) is 8.97. The summed E-state index contributed by atoms with van der Waals surface area (Å²) in [4.78, 5) is 23.1. The van der Waals surface area contributed by atoms with Gasteiger partial charge in [-0.05, 0) is 36.8 Å². The van der Waals surface area contributed by atoms with E-state index in [1.165, 1.54) is 12.1 Å². The van der Waals surface area contributed by atoms with E-state index in [0.29, 0.717) is 15.6 Å². The molecule has 98 valence electrons. The molecule has 2 N–H and O–H groups in total. The Labute approximate surface area is 118 Å². The lowest BCUT2D eigenvalue weighted by Gasteiger charge is -2.05. The zero-order valence-corrected chi connectivity index (χ0v) is 11.5. The number of hydrogen-bond donors (Lipinski definition) is 2. The van der Waals surface area contributed by atoms with Crippen molar-refractivity contribution in [2.75, 3.05) is 5.32 Å². The van der Waals surface area contributed by atoms with Crippen molar-refractivity contribution in [3.63, 3.8) is 0 Å². The highest BCUT2D eigenvalue weighted by atomic mass is 35.5. The van der Waals surface area contributed by atoms with E-state index < -0.39 is 5.97 Å². The average Bonchev–Trinajstić information content (AvgIpc) is 2.83. The van der Waals surface area contributed by atoms with E-state index in [0.717, 1.165) is 16.9 Å². The van der Waals surface area contributed by atoms with Crippen LogP contribution in [-0.2, 0) is 0 Å². The van der Waals surface area contributed by atoms with Crippen LogP contribution in [0.15, 0.2) is 30.3 Å². The molecule has 0 radical (unpaired) electrons. The SMILES string of the molecule is Cc1ccc(NC(=O)c2ccc(C(=O)O)s2)cc1Cl. The van der Waals surface area contributed by atoms with Crippen LogP contribution in [0.5, 0.6) is 0 Å². The molecular formula is C13H10ClNO3S. The molecule has 2 aromatic rings. The summed E-state index contributed by atoms with van der Waals surface area (Å²) in [5, 5.41) is 12.0. The van der Waals surface area contributed by atoms with Crippen molar-refractivity contribution in [3.8, 4) is 0 Å². The van der Waals surface area contributed by atoms with Gasteiger partial charge in [-0.3, -0.25) is 4.79 Å². The van der Waals surface area contributed by atoms with Crippen LogP contribution in [0.25, 0.3) is 0 Å². The second-order valence-electron chi connectivity index (χ2n) is 3.89. The second kappa shape index (κ2) is 5.42. The van der Waals surface area contributed by atoms with E-state index in [4.69, 9.17) is 16.7 Å². The summed E-state index contributed by atoms with van der Waals surface area (Å²) in [6.45, 7) is 1.87. The molecule has 0 saturated carbocycles. The molecule has 1 amide bonds. The summed E-state index contributed by atoms with van der Waals surface area (Å²) >= 11 is 6.89. The number of halogens is 1. The maximum absolute atomic E-state index is 11.9. The summed E-state index contributed by atoms with van der Waals surface area (Å²) in [6.07, 6.45) is 0. The molecule has 1 aromatic carbocycles. The van der Waals surface area contributed by atoms with Gasteiger partial charge in [0.05, 0.1) is 4.88 Å². The predicted molar refractivity (Wildman–Crippen MR) is 75.4 cm³/mol. The average molecular weight is 296 g/mol. The highest BCUT2D eigenvalue weighted by Crippen LogP contribution is 2.22. The number of aryl methyl sites for hydroxylation is 1. The van der Waals surface area contributed by atoms with Gasteiger partial charge in [0.15, 0.2) is 0 Å². The number of carboxylic acids is 1. The number of carboxylic acid groups (broad SMARTS) is 1. The van der Waals surface area contributed by atoms with Crippen LogP contribution >= 0.6 is 22.9 Å². The number of hydrogen-bond acceptors (Lipinski definition) is 3. The number of carbonyl (C=O) groups is 2. The Bertz CT molecular complexity index is 651. The molecule has 0 saturated heterocycles. The summed E-state index contributed by atoms with van der Waals surface area (Å²) in [6, 6.07) is 8.09. The lowest BCUT2D eigenvalue weighted by Crippen LogP contribution is -2.10. The molecule has 1 aromatic heterocycles. The molecule has 0 fully saturated rings. The van der Waals surface area contributed by atoms with E-state index in [1.807, 2.05) is 6.92 Å². The van der Waals surface area contributed by atoms with Gasteiger partial charge < -0.3 is 10.4 Å². The third kappa shape index (κ3) is 3.13. The highest BCUT2D eigenvalue weighted by Gasteiger charge is 2.13. The van der Waals surface area contributed by atoms with Crippen LogP contribution in [0.2, 0.25) is 5.02 Å². The first kappa shape index (κ1) is 13.6. The smallest absolute Gasteiger partial charge is 0.345 e. The molecule has 0 aliphatic rings. The Morgan fingerprint density at radius 3 is 2.47 bits per heavy atom. The van der Waals surface area contributed by atoms with Gasteiger partial charge in [0.25, 0.3) is 5.91 Å². The standard InChI is InChI=1S/C13H10ClNO3S/c1-7-2-3-8(6-9(7)14)15-12(16)10-4-5-11(19-10)13(17)18/h2-6H,1H3,(H,15,16)(H,17,18). The van der Waals surface area contributed by atoms with Crippen molar-refractivity contribution in [3.05, 3.63) is 50.7 Å². The molecule has 0 bridgehead atoms. The van der Waals surface area contributed by atoms with Crippen molar-refractivity contribution in [1.29, 1.82) is 0 Å². The van der Waals surface area contributed by atoms with Crippen LogP contribution in [0.3, 0.4) is 0 Å². The molecule has 0 aliphatic carbocycles. The summed E-state index contributed by atoms with van der Waals surface area (Å²) < 4.78 is 0. The van der Waals surface area contributed by atoms with Gasteiger partial charge in [-0.2, -0.15) is 0 Å². The topological polar surface area (TPSA) is 66.4 Å². The zero-order valence-electron chi connectivity index (χ0n) is 9.94. The summed E-state index contributed by atoms with van der Waals surface area (Å²) in [5.41, 5.74) is 1.50. The Kier molecular flexibility index (Phi) is 3.87. The van der Waals surface area contributed by atoms with E-state index >= 15 is 0 Å². The van der Waals surface area contributed by atoms with E-state index in [1.54, 1.807) is 18.2 Å². The number of thiophene rings is 1. The largest absolute Gasteiger partial charge is 0.477 e. The molecule has 0 aliphatic heterocycles. The minimum absolute atomic E-state index is 0.132. The van der Waals surface area contributed by atoms with Crippen molar-refractivity contribution in [2.45, 2.75) is 6.92 Å².